The van der Waals surface area contributed by atoms with Crippen LogP contribution in [0.1, 0.15) is 0 Å². The van der Waals surface area contributed by atoms with Crippen LogP contribution in [0.2, 0.25) is 0 Å². The van der Waals surface area contributed by atoms with Crippen LogP contribution in [0.5, 0.6) is 0 Å². The van der Waals surface area contributed by atoms with Gasteiger partial charge in [0, 0.05) is 39.2 Å². The Bertz CT molecular complexity index is 3450. The summed E-state index contributed by atoms with van der Waals surface area (Å²) in [6.45, 7) is 0. The molecular formula is C66H47N3. The predicted molar refractivity (Wildman–Crippen MR) is 292 cm³/mol. The van der Waals surface area contributed by atoms with E-state index >= 15 is 0 Å². The molecule has 11 aromatic carbocycles. The number of benzene rings is 11. The van der Waals surface area contributed by atoms with Gasteiger partial charge in [-0.25, -0.2) is 0 Å². The van der Waals surface area contributed by atoms with Crippen molar-refractivity contribution in [2.24, 2.45) is 0 Å². The van der Waals surface area contributed by atoms with E-state index in [1.165, 1.54) is 33.4 Å². The quantitative estimate of drug-likeness (QED) is 0.128. The highest BCUT2D eigenvalue weighted by molar-refractivity contribution is 6.18. The van der Waals surface area contributed by atoms with E-state index in [9.17, 15) is 0 Å². The van der Waals surface area contributed by atoms with Crippen LogP contribution in [0.4, 0.5) is 34.1 Å². The van der Waals surface area contributed by atoms with E-state index < -0.39 is 0 Å². The summed E-state index contributed by atoms with van der Waals surface area (Å²) in [5.74, 6) is 0. The van der Waals surface area contributed by atoms with Crippen LogP contribution >= 0.6 is 0 Å². The van der Waals surface area contributed by atoms with Crippen molar-refractivity contribution in [3.63, 3.8) is 0 Å². The molecule has 12 aromatic rings. The van der Waals surface area contributed by atoms with Crippen molar-refractivity contribution < 1.29 is 0 Å². The van der Waals surface area contributed by atoms with Crippen molar-refractivity contribution in [1.82, 2.24) is 4.57 Å². The second kappa shape index (κ2) is 18.2. The second-order valence-electron chi connectivity index (χ2n) is 17.3. The number of nitrogens with zero attached hydrogens (tertiary/aromatic N) is 3. The second-order valence-corrected chi connectivity index (χ2v) is 17.3. The molecule has 0 aliphatic rings. The van der Waals surface area contributed by atoms with Gasteiger partial charge in [0.15, 0.2) is 0 Å². The van der Waals surface area contributed by atoms with Gasteiger partial charge >= 0.3 is 0 Å². The van der Waals surface area contributed by atoms with Gasteiger partial charge in [0.1, 0.15) is 0 Å². The van der Waals surface area contributed by atoms with Gasteiger partial charge in [-0.3, -0.25) is 0 Å². The van der Waals surface area contributed by atoms with Crippen LogP contribution in [0.25, 0.3) is 72.0 Å². The largest absolute Gasteiger partial charge is 0.308 e. The Kier molecular flexibility index (Phi) is 10.9. The van der Waals surface area contributed by atoms with Gasteiger partial charge in [0.25, 0.3) is 0 Å². The highest BCUT2D eigenvalue weighted by Crippen LogP contribution is 2.48. The van der Waals surface area contributed by atoms with E-state index in [1.54, 1.807) is 0 Å². The summed E-state index contributed by atoms with van der Waals surface area (Å²) in [7, 11) is 0. The van der Waals surface area contributed by atoms with Crippen molar-refractivity contribution in [1.29, 1.82) is 0 Å². The lowest BCUT2D eigenvalue weighted by atomic mass is 10.0. The Morgan fingerprint density at radius 2 is 0.522 bits per heavy atom. The average molecular weight is 882 g/mol. The summed E-state index contributed by atoms with van der Waals surface area (Å²) >= 11 is 0. The number of hydrogen-bond acceptors (Lipinski definition) is 2. The summed E-state index contributed by atoms with van der Waals surface area (Å²) < 4.78 is 2.49. The monoisotopic (exact) mass is 881 g/mol. The predicted octanol–water partition coefficient (Wildman–Crippen LogP) is 18.4. The molecule has 0 saturated heterocycles. The van der Waals surface area contributed by atoms with Gasteiger partial charge in [-0.2, -0.15) is 0 Å². The average Bonchev–Trinajstić information content (AvgIpc) is 3.79. The van der Waals surface area contributed by atoms with Crippen LogP contribution in [0.15, 0.2) is 285 Å². The lowest BCUT2D eigenvalue weighted by molar-refractivity contribution is 1.16. The van der Waals surface area contributed by atoms with Gasteiger partial charge in [-0.15, -0.1) is 0 Å². The van der Waals surface area contributed by atoms with Crippen LogP contribution < -0.4 is 9.80 Å². The Morgan fingerprint density at radius 1 is 0.217 bits per heavy atom. The third-order valence-corrected chi connectivity index (χ3v) is 13.2. The highest BCUT2D eigenvalue weighted by Gasteiger charge is 2.26. The maximum Gasteiger partial charge on any atom is 0.0783 e. The molecule has 3 nitrogen and oxygen atoms in total. The fourth-order valence-corrected chi connectivity index (χ4v) is 9.91. The number of para-hydroxylation sites is 3. The summed E-state index contributed by atoms with van der Waals surface area (Å²) in [5, 5.41) is 2.33. The standard InChI is InChI=1S/C66H47N3/c1-6-20-48(21-7-1)52-38-42-57(43-39-52)67(59-32-16-28-54(46-59)50-24-10-3-11-25-50)63-36-18-34-61-62-35-19-37-64(66(62)69(65(61)63)56-30-14-5-15-31-56)68(58-44-40-53(41-45-58)49-22-8-2-9-23-49)60-33-17-29-55(47-60)51-26-12-4-13-27-51/h1-47H. The molecule has 0 aliphatic heterocycles. The third kappa shape index (κ3) is 7.92. The first-order valence-electron chi connectivity index (χ1n) is 23.6. The lowest BCUT2D eigenvalue weighted by Crippen LogP contribution is -2.13. The Balaban J connectivity index is 1.12. The molecule has 0 amide bonds. The van der Waals surface area contributed by atoms with Gasteiger partial charge in [-0.05, 0) is 117 Å². The number of rotatable bonds is 11. The van der Waals surface area contributed by atoms with Crippen molar-refractivity contribution in [3.8, 4) is 50.2 Å². The lowest BCUT2D eigenvalue weighted by Gasteiger charge is -2.29. The topological polar surface area (TPSA) is 11.4 Å². The van der Waals surface area contributed by atoms with Crippen LogP contribution in [-0.2, 0) is 0 Å². The van der Waals surface area contributed by atoms with E-state index in [0.717, 1.165) is 72.7 Å². The van der Waals surface area contributed by atoms with Crippen molar-refractivity contribution in [3.05, 3.63) is 285 Å². The first kappa shape index (κ1) is 41.3. The van der Waals surface area contributed by atoms with Crippen LogP contribution in [-0.4, -0.2) is 4.57 Å². The van der Waals surface area contributed by atoms with E-state index in [0.29, 0.717) is 0 Å². The molecule has 0 spiro atoms. The number of fused-ring (bicyclic) bond motifs is 3. The van der Waals surface area contributed by atoms with E-state index in [-0.39, 0.29) is 0 Å². The van der Waals surface area contributed by atoms with Gasteiger partial charge < -0.3 is 14.4 Å². The fourth-order valence-electron chi connectivity index (χ4n) is 9.91. The van der Waals surface area contributed by atoms with E-state index in [1.807, 2.05) is 0 Å². The van der Waals surface area contributed by atoms with Gasteiger partial charge in [-0.1, -0.05) is 212 Å². The molecule has 0 radical (unpaired) electrons. The Morgan fingerprint density at radius 3 is 0.899 bits per heavy atom. The first-order valence-corrected chi connectivity index (χ1v) is 23.6. The molecule has 12 rings (SSSR count). The van der Waals surface area contributed by atoms with Crippen molar-refractivity contribution in [2.45, 2.75) is 0 Å². The summed E-state index contributed by atoms with van der Waals surface area (Å²) in [5.41, 5.74) is 19.1. The molecule has 0 atom stereocenters. The zero-order chi connectivity index (χ0) is 45.9. The molecule has 0 N–H and O–H groups in total. The number of hydrogen-bond donors (Lipinski definition) is 0. The zero-order valence-corrected chi connectivity index (χ0v) is 38.0. The van der Waals surface area contributed by atoms with Crippen molar-refractivity contribution >= 4 is 55.9 Å². The van der Waals surface area contributed by atoms with E-state index in [4.69, 9.17) is 0 Å². The Hall–Kier alpha value is -9.18. The summed E-state index contributed by atoms with van der Waals surface area (Å²) in [6.07, 6.45) is 0. The third-order valence-electron chi connectivity index (χ3n) is 13.2. The van der Waals surface area contributed by atoms with Crippen molar-refractivity contribution in [2.75, 3.05) is 9.80 Å². The summed E-state index contributed by atoms with van der Waals surface area (Å²) in [4.78, 5) is 4.87. The van der Waals surface area contributed by atoms with Gasteiger partial charge in [0.2, 0.25) is 0 Å². The first-order chi connectivity index (χ1) is 34.2. The maximum atomic E-state index is 2.49. The molecule has 0 aliphatic carbocycles. The molecule has 0 unspecified atom stereocenters. The smallest absolute Gasteiger partial charge is 0.0783 e. The number of aromatic nitrogens is 1. The molecular weight excluding hydrogens is 835 g/mol. The van der Waals surface area contributed by atoms with Crippen LogP contribution in [0, 0.1) is 0 Å². The van der Waals surface area contributed by atoms with Crippen LogP contribution in [0.3, 0.4) is 0 Å². The molecule has 0 saturated carbocycles. The molecule has 0 fully saturated rings. The minimum atomic E-state index is 1.07. The molecule has 69 heavy (non-hydrogen) atoms. The minimum Gasteiger partial charge on any atom is -0.308 e. The zero-order valence-electron chi connectivity index (χ0n) is 38.0. The molecule has 0 bridgehead atoms. The molecule has 1 aromatic heterocycles. The van der Waals surface area contributed by atoms with E-state index in [2.05, 4.69) is 299 Å². The Labute approximate surface area is 403 Å². The fraction of sp³-hybridized carbons (Fsp3) is 0. The molecule has 1 heterocycles. The number of anilines is 6. The highest BCUT2D eigenvalue weighted by atomic mass is 15.2. The molecule has 326 valence electrons. The minimum absolute atomic E-state index is 1.07. The molecule has 3 heteroatoms. The summed E-state index contributed by atoms with van der Waals surface area (Å²) in [6, 6.07) is 103. The normalized spacial score (nSPS) is 11.2. The SMILES string of the molecule is c1ccc(-c2ccc(N(c3cccc(-c4ccccc4)c3)c3cccc4c5cccc(N(c6ccc(-c7ccccc7)cc6)c6cccc(-c7ccccc7)c6)c5n(-c5ccccc5)c34)cc2)cc1. The maximum absolute atomic E-state index is 2.49. The van der Waals surface area contributed by atoms with Gasteiger partial charge in [0.05, 0.1) is 22.4 Å².